The highest BCUT2D eigenvalue weighted by Gasteiger charge is 2.28. The number of hydrogen-bond acceptors (Lipinski definition) is 8. The van der Waals surface area contributed by atoms with Gasteiger partial charge in [0, 0.05) is 50.1 Å². The standard InChI is InChI=1S/C41H38ClN5O5S/c1-28-26-38(48)43-44-39(28)30-16-20-34(21-17-30)53(50,51)45-41(49)36-12-7-13-37(40(36)52-33-9-3-2-4-10-33)47-24-22-46(23-25-47)27-31-8-5-6-11-35(31)29-14-18-32(42)19-15-29/h2-21,28H,22-27H2,1H3,(H,43,48)(H,45,49). The molecule has 1 atom stereocenters. The molecule has 10 nitrogen and oxygen atoms in total. The third kappa shape index (κ3) is 8.28. The summed E-state index contributed by atoms with van der Waals surface area (Å²) >= 11 is 6.15. The molecule has 2 amide bonds. The lowest BCUT2D eigenvalue weighted by atomic mass is 9.94. The quantitative estimate of drug-likeness (QED) is 0.156. The van der Waals surface area contributed by atoms with E-state index >= 15 is 0 Å². The van der Waals surface area contributed by atoms with Gasteiger partial charge in [0.15, 0.2) is 5.75 Å². The molecule has 1 fully saturated rings. The molecule has 0 radical (unpaired) electrons. The van der Waals surface area contributed by atoms with Crippen molar-refractivity contribution in [2.24, 2.45) is 11.0 Å². The average Bonchev–Trinajstić information content (AvgIpc) is 3.16. The maximum atomic E-state index is 13.8. The number of piperazine rings is 1. The summed E-state index contributed by atoms with van der Waals surface area (Å²) in [5, 5.41) is 4.85. The molecule has 1 unspecified atom stereocenters. The highest BCUT2D eigenvalue weighted by atomic mass is 35.5. The minimum Gasteiger partial charge on any atom is -0.454 e. The number of benzene rings is 5. The molecule has 7 rings (SSSR count). The summed E-state index contributed by atoms with van der Waals surface area (Å²) in [6, 6.07) is 36.6. The van der Waals surface area contributed by atoms with Gasteiger partial charge in [0.05, 0.1) is 21.9 Å². The van der Waals surface area contributed by atoms with Crippen LogP contribution < -0.4 is 19.8 Å². The van der Waals surface area contributed by atoms with Crippen LogP contribution in [0.15, 0.2) is 131 Å². The van der Waals surface area contributed by atoms with E-state index in [1.807, 2.05) is 61.5 Å². The maximum absolute atomic E-state index is 13.8. The second-order valence-electron chi connectivity index (χ2n) is 13.1. The summed E-state index contributed by atoms with van der Waals surface area (Å²) in [5.74, 6) is -0.318. The summed E-state index contributed by atoms with van der Waals surface area (Å²) < 4.78 is 35.6. The smallest absolute Gasteiger partial charge is 0.268 e. The Balaban J connectivity index is 1.09. The van der Waals surface area contributed by atoms with E-state index in [0.717, 1.165) is 30.8 Å². The van der Waals surface area contributed by atoms with Gasteiger partial charge in [-0.1, -0.05) is 91.3 Å². The van der Waals surface area contributed by atoms with E-state index in [1.165, 1.54) is 17.7 Å². The number of carbonyl (C=O) groups is 2. The van der Waals surface area contributed by atoms with Crippen molar-refractivity contribution in [3.63, 3.8) is 0 Å². The number of sulfonamides is 1. The predicted molar refractivity (Wildman–Crippen MR) is 207 cm³/mol. The van der Waals surface area contributed by atoms with E-state index in [-0.39, 0.29) is 34.5 Å². The van der Waals surface area contributed by atoms with Crippen molar-refractivity contribution < 1.29 is 22.7 Å². The van der Waals surface area contributed by atoms with Gasteiger partial charge in [0.2, 0.25) is 5.91 Å². The zero-order valence-electron chi connectivity index (χ0n) is 29.0. The van der Waals surface area contributed by atoms with Gasteiger partial charge in [-0.15, -0.1) is 0 Å². The molecule has 5 aromatic rings. The van der Waals surface area contributed by atoms with Crippen LogP contribution in [-0.4, -0.2) is 57.0 Å². The van der Waals surface area contributed by atoms with Gasteiger partial charge in [-0.25, -0.2) is 18.6 Å². The Morgan fingerprint density at radius 2 is 1.53 bits per heavy atom. The molecule has 5 aromatic carbocycles. The molecule has 0 aliphatic carbocycles. The normalized spacial score (nSPS) is 16.4. The highest BCUT2D eigenvalue weighted by molar-refractivity contribution is 7.90. The Morgan fingerprint density at radius 3 is 2.25 bits per heavy atom. The van der Waals surface area contributed by atoms with Crippen LogP contribution in [0.3, 0.4) is 0 Å². The van der Waals surface area contributed by atoms with Gasteiger partial charge in [-0.2, -0.15) is 5.10 Å². The summed E-state index contributed by atoms with van der Waals surface area (Å²) in [5.41, 5.74) is 8.09. The number of anilines is 1. The van der Waals surface area contributed by atoms with Crippen molar-refractivity contribution in [2.45, 2.75) is 24.8 Å². The van der Waals surface area contributed by atoms with Crippen LogP contribution >= 0.6 is 11.6 Å². The molecule has 270 valence electrons. The SMILES string of the molecule is CC1CC(=O)NN=C1c1ccc(S(=O)(=O)NC(=O)c2cccc(N3CCN(Cc4ccccc4-c4ccc(Cl)cc4)CC3)c2Oc2ccccc2)cc1. The van der Waals surface area contributed by atoms with E-state index < -0.39 is 15.9 Å². The van der Waals surface area contributed by atoms with Crippen molar-refractivity contribution >= 4 is 44.8 Å². The Kier molecular flexibility index (Phi) is 10.6. The van der Waals surface area contributed by atoms with E-state index in [1.54, 1.807) is 36.4 Å². The average molecular weight is 748 g/mol. The van der Waals surface area contributed by atoms with Crippen molar-refractivity contribution in [3.05, 3.63) is 143 Å². The fourth-order valence-corrected chi connectivity index (χ4v) is 7.76. The third-order valence-corrected chi connectivity index (χ3v) is 11.0. The largest absolute Gasteiger partial charge is 0.454 e. The highest BCUT2D eigenvalue weighted by Crippen LogP contribution is 2.37. The van der Waals surface area contributed by atoms with Crippen molar-refractivity contribution in [3.8, 4) is 22.6 Å². The topological polar surface area (TPSA) is 120 Å². The fraction of sp³-hybridized carbons (Fsp3) is 0.195. The summed E-state index contributed by atoms with van der Waals surface area (Å²) in [4.78, 5) is 30.0. The van der Waals surface area contributed by atoms with Crippen LogP contribution in [0.4, 0.5) is 5.69 Å². The second-order valence-corrected chi connectivity index (χ2v) is 15.2. The van der Waals surface area contributed by atoms with Gasteiger partial charge in [-0.05, 0) is 70.8 Å². The number of ether oxygens (including phenoxy) is 1. The van der Waals surface area contributed by atoms with E-state index in [9.17, 15) is 18.0 Å². The zero-order valence-corrected chi connectivity index (χ0v) is 30.6. The monoisotopic (exact) mass is 747 g/mol. The van der Waals surface area contributed by atoms with Gasteiger partial charge >= 0.3 is 0 Å². The fourth-order valence-electron chi connectivity index (χ4n) is 6.67. The lowest BCUT2D eigenvalue weighted by molar-refractivity contribution is -0.121. The Labute approximate surface area is 314 Å². The maximum Gasteiger partial charge on any atom is 0.268 e. The minimum absolute atomic E-state index is 0.0851. The summed E-state index contributed by atoms with van der Waals surface area (Å²) in [7, 11) is -4.26. The number of hydrazone groups is 1. The molecule has 2 heterocycles. The molecule has 0 aromatic heterocycles. The van der Waals surface area contributed by atoms with E-state index in [4.69, 9.17) is 16.3 Å². The first kappa shape index (κ1) is 35.9. The first-order valence-corrected chi connectivity index (χ1v) is 19.2. The lowest BCUT2D eigenvalue weighted by Gasteiger charge is -2.37. The molecule has 53 heavy (non-hydrogen) atoms. The molecule has 0 spiro atoms. The first-order chi connectivity index (χ1) is 25.6. The number of hydrogen-bond donors (Lipinski definition) is 2. The molecular formula is C41H38ClN5O5S. The molecule has 0 saturated carbocycles. The van der Waals surface area contributed by atoms with Crippen LogP contribution in [0.5, 0.6) is 11.5 Å². The number of nitrogens with one attached hydrogen (secondary N) is 2. The number of halogens is 1. The Hall–Kier alpha value is -5.49. The van der Waals surface area contributed by atoms with Crippen molar-refractivity contribution in [1.29, 1.82) is 0 Å². The van der Waals surface area contributed by atoms with Crippen LogP contribution in [0.1, 0.15) is 34.8 Å². The molecule has 2 aliphatic rings. The van der Waals surface area contributed by atoms with E-state index in [2.05, 4.69) is 43.2 Å². The molecule has 0 bridgehead atoms. The molecule has 2 aliphatic heterocycles. The number of amides is 2. The summed E-state index contributed by atoms with van der Waals surface area (Å²) in [6.45, 7) is 5.51. The minimum atomic E-state index is -4.26. The Morgan fingerprint density at radius 1 is 0.849 bits per heavy atom. The second kappa shape index (κ2) is 15.6. The first-order valence-electron chi connectivity index (χ1n) is 17.4. The Bertz CT molecular complexity index is 2260. The van der Waals surface area contributed by atoms with Crippen molar-refractivity contribution in [1.82, 2.24) is 15.0 Å². The van der Waals surface area contributed by atoms with Gasteiger partial charge in [0.1, 0.15) is 5.75 Å². The third-order valence-electron chi connectivity index (χ3n) is 9.43. The number of para-hydroxylation sites is 2. The zero-order chi connectivity index (χ0) is 37.0. The van der Waals surface area contributed by atoms with E-state index in [0.29, 0.717) is 40.8 Å². The number of carbonyl (C=O) groups excluding carboxylic acids is 2. The van der Waals surface area contributed by atoms with Crippen LogP contribution in [0.2, 0.25) is 5.02 Å². The van der Waals surface area contributed by atoms with Gasteiger partial charge < -0.3 is 9.64 Å². The lowest BCUT2D eigenvalue weighted by Crippen LogP contribution is -2.46. The van der Waals surface area contributed by atoms with Crippen LogP contribution in [0.25, 0.3) is 11.1 Å². The van der Waals surface area contributed by atoms with Crippen molar-refractivity contribution in [2.75, 3.05) is 31.1 Å². The molecule has 12 heteroatoms. The van der Waals surface area contributed by atoms with Crippen LogP contribution in [0, 0.1) is 5.92 Å². The number of rotatable bonds is 10. The summed E-state index contributed by atoms with van der Waals surface area (Å²) in [6.07, 6.45) is 0.288. The molecular weight excluding hydrogens is 710 g/mol. The van der Waals surface area contributed by atoms with Crippen LogP contribution in [-0.2, 0) is 21.4 Å². The molecule has 1 saturated heterocycles. The predicted octanol–water partition coefficient (Wildman–Crippen LogP) is 7.10. The van der Waals surface area contributed by atoms with Gasteiger partial charge in [0.25, 0.3) is 15.9 Å². The molecule has 2 N–H and O–H groups in total. The van der Waals surface area contributed by atoms with Gasteiger partial charge in [-0.3, -0.25) is 14.5 Å². The number of nitrogens with zero attached hydrogens (tertiary/aromatic N) is 3.